The van der Waals surface area contributed by atoms with E-state index in [1.54, 1.807) is 13.3 Å². The molecule has 21 heavy (non-hydrogen) atoms. The maximum atomic E-state index is 5.23. The molecule has 0 amide bonds. The van der Waals surface area contributed by atoms with Gasteiger partial charge < -0.3 is 10.1 Å². The minimum atomic E-state index is 0.432. The van der Waals surface area contributed by atoms with Crippen molar-refractivity contribution < 1.29 is 4.74 Å². The second-order valence-electron chi connectivity index (χ2n) is 4.71. The Morgan fingerprint density at radius 3 is 2.81 bits per heavy atom. The molecule has 0 aliphatic carbocycles. The second kappa shape index (κ2) is 7.47. The maximum Gasteiger partial charge on any atom is 0.162 e. The molecule has 0 saturated carbocycles. The SMILES string of the molecule is CCCNc1nc(-c2ccncc2C)nc(COC)c1Br. The summed E-state index contributed by atoms with van der Waals surface area (Å²) in [5.74, 6) is 1.48. The molecule has 0 atom stereocenters. The van der Waals surface area contributed by atoms with Gasteiger partial charge in [0.25, 0.3) is 0 Å². The normalized spacial score (nSPS) is 10.7. The molecule has 1 N–H and O–H groups in total. The van der Waals surface area contributed by atoms with Crippen LogP contribution in [0.1, 0.15) is 24.6 Å². The number of aryl methyl sites for hydroxylation is 1. The summed E-state index contributed by atoms with van der Waals surface area (Å²) in [5.41, 5.74) is 2.86. The molecular formula is C15H19BrN4O. The third-order valence-corrected chi connectivity index (χ3v) is 3.84. The lowest BCUT2D eigenvalue weighted by atomic mass is 10.1. The first-order chi connectivity index (χ1) is 10.2. The van der Waals surface area contributed by atoms with Gasteiger partial charge in [-0.15, -0.1) is 0 Å². The van der Waals surface area contributed by atoms with E-state index >= 15 is 0 Å². The summed E-state index contributed by atoms with van der Waals surface area (Å²) in [4.78, 5) is 13.4. The van der Waals surface area contributed by atoms with Gasteiger partial charge in [-0.1, -0.05) is 6.92 Å². The number of nitrogens with zero attached hydrogens (tertiary/aromatic N) is 3. The quantitative estimate of drug-likeness (QED) is 0.862. The van der Waals surface area contributed by atoms with Gasteiger partial charge in [-0.3, -0.25) is 4.98 Å². The van der Waals surface area contributed by atoms with Gasteiger partial charge in [0.15, 0.2) is 5.82 Å². The number of aromatic nitrogens is 3. The number of anilines is 1. The van der Waals surface area contributed by atoms with Crippen molar-refractivity contribution in [2.24, 2.45) is 0 Å². The summed E-state index contributed by atoms with van der Waals surface area (Å²) in [6, 6.07) is 1.93. The van der Waals surface area contributed by atoms with Gasteiger partial charge in [0, 0.05) is 31.6 Å². The first kappa shape index (κ1) is 15.9. The highest BCUT2D eigenvalue weighted by Gasteiger charge is 2.14. The molecule has 0 aromatic carbocycles. The van der Waals surface area contributed by atoms with Gasteiger partial charge in [-0.05, 0) is 40.9 Å². The lowest BCUT2D eigenvalue weighted by Crippen LogP contribution is -2.08. The summed E-state index contributed by atoms with van der Waals surface area (Å²) in [7, 11) is 1.66. The topological polar surface area (TPSA) is 59.9 Å². The van der Waals surface area contributed by atoms with E-state index < -0.39 is 0 Å². The molecule has 6 heteroatoms. The molecular weight excluding hydrogens is 332 g/mol. The molecule has 2 aromatic rings. The van der Waals surface area contributed by atoms with Crippen LogP contribution in [0.2, 0.25) is 0 Å². The molecule has 0 fully saturated rings. The monoisotopic (exact) mass is 350 g/mol. The zero-order valence-corrected chi connectivity index (χ0v) is 14.1. The van der Waals surface area contributed by atoms with E-state index in [9.17, 15) is 0 Å². The Bertz CT molecular complexity index is 619. The number of rotatable bonds is 6. The first-order valence-electron chi connectivity index (χ1n) is 6.87. The van der Waals surface area contributed by atoms with Crippen LogP contribution in [0.4, 0.5) is 5.82 Å². The van der Waals surface area contributed by atoms with Crippen molar-refractivity contribution in [2.45, 2.75) is 26.9 Å². The fourth-order valence-electron chi connectivity index (χ4n) is 1.93. The molecule has 2 aromatic heterocycles. The predicted molar refractivity (Wildman–Crippen MR) is 87.2 cm³/mol. The number of methoxy groups -OCH3 is 1. The van der Waals surface area contributed by atoms with Crippen LogP contribution >= 0.6 is 15.9 Å². The third kappa shape index (κ3) is 3.77. The van der Waals surface area contributed by atoms with E-state index in [1.165, 1.54) is 0 Å². The maximum absolute atomic E-state index is 5.23. The first-order valence-corrected chi connectivity index (χ1v) is 7.66. The number of ether oxygens (including phenoxy) is 1. The van der Waals surface area contributed by atoms with Crippen molar-refractivity contribution in [3.8, 4) is 11.4 Å². The summed E-state index contributed by atoms with van der Waals surface area (Å²) < 4.78 is 6.08. The smallest absolute Gasteiger partial charge is 0.162 e. The highest BCUT2D eigenvalue weighted by Crippen LogP contribution is 2.28. The Labute approximate surface area is 133 Å². The highest BCUT2D eigenvalue weighted by molar-refractivity contribution is 9.10. The van der Waals surface area contributed by atoms with Crippen LogP contribution in [0.25, 0.3) is 11.4 Å². The molecule has 0 bridgehead atoms. The van der Waals surface area contributed by atoms with Gasteiger partial charge in [0.1, 0.15) is 5.82 Å². The predicted octanol–water partition coefficient (Wildman–Crippen LogP) is 3.58. The Hall–Kier alpha value is -1.53. The number of hydrogen-bond acceptors (Lipinski definition) is 5. The van der Waals surface area contributed by atoms with E-state index in [2.05, 4.69) is 43.1 Å². The second-order valence-corrected chi connectivity index (χ2v) is 5.50. The van der Waals surface area contributed by atoms with Crippen LogP contribution in [0, 0.1) is 6.92 Å². The fraction of sp³-hybridized carbons (Fsp3) is 0.400. The van der Waals surface area contributed by atoms with Crippen molar-refractivity contribution in [2.75, 3.05) is 19.0 Å². The number of pyridine rings is 1. The molecule has 2 heterocycles. The van der Waals surface area contributed by atoms with Crippen LogP contribution in [0.15, 0.2) is 22.9 Å². The molecule has 5 nitrogen and oxygen atoms in total. The largest absolute Gasteiger partial charge is 0.378 e. The standard InChI is InChI=1S/C15H19BrN4O/c1-4-6-18-15-13(16)12(9-21-3)19-14(20-15)11-5-7-17-8-10(11)2/h5,7-8H,4,6,9H2,1-3H3,(H,18,19,20). The molecule has 0 unspecified atom stereocenters. The van der Waals surface area contributed by atoms with Gasteiger partial charge in [0.2, 0.25) is 0 Å². The van der Waals surface area contributed by atoms with Crippen molar-refractivity contribution in [1.82, 2.24) is 15.0 Å². The number of hydrogen-bond donors (Lipinski definition) is 1. The molecule has 2 rings (SSSR count). The highest BCUT2D eigenvalue weighted by atomic mass is 79.9. The number of halogens is 1. The van der Waals surface area contributed by atoms with Crippen LogP contribution in [-0.4, -0.2) is 28.6 Å². The molecule has 0 spiro atoms. The zero-order valence-electron chi connectivity index (χ0n) is 12.5. The van der Waals surface area contributed by atoms with Crippen LogP contribution in [0.5, 0.6) is 0 Å². The van der Waals surface area contributed by atoms with Gasteiger partial charge >= 0.3 is 0 Å². The summed E-state index contributed by atoms with van der Waals surface area (Å²) in [6.45, 7) is 5.41. The van der Waals surface area contributed by atoms with Crippen LogP contribution in [-0.2, 0) is 11.3 Å². The average Bonchev–Trinajstić information content (AvgIpc) is 2.49. The molecule has 0 aliphatic rings. The fourth-order valence-corrected chi connectivity index (χ4v) is 2.36. The van der Waals surface area contributed by atoms with E-state index in [1.807, 2.05) is 19.2 Å². The molecule has 112 valence electrons. The van der Waals surface area contributed by atoms with E-state index in [0.29, 0.717) is 12.4 Å². The molecule has 0 aliphatic heterocycles. The van der Waals surface area contributed by atoms with E-state index in [0.717, 1.165) is 40.1 Å². The van der Waals surface area contributed by atoms with E-state index in [-0.39, 0.29) is 0 Å². The zero-order chi connectivity index (χ0) is 15.2. The van der Waals surface area contributed by atoms with Crippen molar-refractivity contribution >= 4 is 21.7 Å². The van der Waals surface area contributed by atoms with Gasteiger partial charge in [-0.25, -0.2) is 9.97 Å². The third-order valence-electron chi connectivity index (χ3n) is 3.00. The van der Waals surface area contributed by atoms with Crippen molar-refractivity contribution in [3.05, 3.63) is 34.2 Å². The van der Waals surface area contributed by atoms with Gasteiger partial charge in [0.05, 0.1) is 16.8 Å². The Morgan fingerprint density at radius 2 is 2.14 bits per heavy atom. The molecule has 0 saturated heterocycles. The Balaban J connectivity index is 2.50. The lowest BCUT2D eigenvalue weighted by Gasteiger charge is -2.13. The summed E-state index contributed by atoms with van der Waals surface area (Å²) in [6.07, 6.45) is 4.60. The Morgan fingerprint density at radius 1 is 1.33 bits per heavy atom. The summed E-state index contributed by atoms with van der Waals surface area (Å²) in [5, 5.41) is 3.32. The Kier molecular flexibility index (Phi) is 5.64. The van der Waals surface area contributed by atoms with Crippen molar-refractivity contribution in [3.63, 3.8) is 0 Å². The number of nitrogens with one attached hydrogen (secondary N) is 1. The van der Waals surface area contributed by atoms with Crippen molar-refractivity contribution in [1.29, 1.82) is 0 Å². The van der Waals surface area contributed by atoms with E-state index in [4.69, 9.17) is 4.74 Å². The minimum Gasteiger partial charge on any atom is -0.378 e. The molecule has 0 radical (unpaired) electrons. The van der Waals surface area contributed by atoms with Crippen LogP contribution in [0.3, 0.4) is 0 Å². The van der Waals surface area contributed by atoms with Gasteiger partial charge in [-0.2, -0.15) is 0 Å². The van der Waals surface area contributed by atoms with Crippen LogP contribution < -0.4 is 5.32 Å². The minimum absolute atomic E-state index is 0.432. The lowest BCUT2D eigenvalue weighted by molar-refractivity contribution is 0.181. The summed E-state index contributed by atoms with van der Waals surface area (Å²) >= 11 is 3.56. The average molecular weight is 351 g/mol.